The number of hydrogen-bond donors (Lipinski definition) is 0. The molecule has 0 saturated carbocycles. The van der Waals surface area contributed by atoms with Gasteiger partial charge in [-0.2, -0.15) is 0 Å². The molecule has 5 nitrogen and oxygen atoms in total. The van der Waals surface area contributed by atoms with Crippen molar-refractivity contribution in [3.05, 3.63) is 66.2 Å². The van der Waals surface area contributed by atoms with Crippen molar-refractivity contribution < 1.29 is 14.3 Å². The van der Waals surface area contributed by atoms with Gasteiger partial charge in [-0.05, 0) is 17.7 Å². The van der Waals surface area contributed by atoms with Gasteiger partial charge >= 0.3 is 0 Å². The van der Waals surface area contributed by atoms with Gasteiger partial charge in [0.1, 0.15) is 12.4 Å². The zero-order valence-corrected chi connectivity index (χ0v) is 15.0. The Morgan fingerprint density at radius 3 is 2.46 bits per heavy atom. The monoisotopic (exact) mass is 352 g/mol. The van der Waals surface area contributed by atoms with Crippen molar-refractivity contribution in [3.8, 4) is 5.75 Å². The third kappa shape index (κ3) is 4.63. The Kier molecular flexibility index (Phi) is 5.89. The van der Waals surface area contributed by atoms with Gasteiger partial charge in [-0.15, -0.1) is 0 Å². The normalized spacial score (nSPS) is 16.6. The molecule has 1 aliphatic rings. The molecule has 5 heteroatoms. The molecule has 2 aromatic carbocycles. The fourth-order valence-electron chi connectivity index (χ4n) is 3.13. The number of likely N-dealkylation sites (tertiary alicyclic amines) is 1. The van der Waals surface area contributed by atoms with Gasteiger partial charge in [0.25, 0.3) is 0 Å². The van der Waals surface area contributed by atoms with Crippen LogP contribution >= 0.6 is 0 Å². The Morgan fingerprint density at radius 2 is 1.77 bits per heavy atom. The van der Waals surface area contributed by atoms with Gasteiger partial charge in [-0.25, -0.2) is 0 Å². The quantitative estimate of drug-likeness (QED) is 0.770. The van der Waals surface area contributed by atoms with E-state index in [0.717, 1.165) is 11.3 Å². The summed E-state index contributed by atoms with van der Waals surface area (Å²) in [5.74, 6) is 0.568. The van der Waals surface area contributed by atoms with E-state index in [-0.39, 0.29) is 24.2 Å². The Morgan fingerprint density at radius 1 is 1.12 bits per heavy atom. The van der Waals surface area contributed by atoms with Crippen molar-refractivity contribution in [2.24, 2.45) is 5.92 Å². The largest absolute Gasteiger partial charge is 0.492 e. The van der Waals surface area contributed by atoms with Gasteiger partial charge in [-0.3, -0.25) is 9.59 Å². The summed E-state index contributed by atoms with van der Waals surface area (Å²) in [6.45, 7) is 1.97. The number of rotatable bonds is 7. The maximum Gasteiger partial charge on any atom is 0.227 e. The molecule has 0 N–H and O–H groups in total. The van der Waals surface area contributed by atoms with Gasteiger partial charge < -0.3 is 14.5 Å². The third-order valence-corrected chi connectivity index (χ3v) is 4.59. The number of hydrogen-bond acceptors (Lipinski definition) is 3. The predicted molar refractivity (Wildman–Crippen MR) is 99.5 cm³/mol. The van der Waals surface area contributed by atoms with Gasteiger partial charge in [0.05, 0.1) is 12.5 Å². The molecule has 1 atom stereocenters. The van der Waals surface area contributed by atoms with E-state index in [1.165, 1.54) is 0 Å². The standard InChI is InChI=1S/C21H24N2O3/c1-22(12-13-26-19-10-6-3-7-11-19)21(25)18-14-20(24)23(16-18)15-17-8-4-2-5-9-17/h2-11,18H,12-16H2,1H3. The van der Waals surface area contributed by atoms with E-state index < -0.39 is 0 Å². The maximum absolute atomic E-state index is 12.6. The highest BCUT2D eigenvalue weighted by Gasteiger charge is 2.35. The summed E-state index contributed by atoms with van der Waals surface area (Å²) in [6.07, 6.45) is 0.287. The molecule has 2 amide bonds. The van der Waals surface area contributed by atoms with Gasteiger partial charge in [-0.1, -0.05) is 48.5 Å². The second-order valence-corrected chi connectivity index (χ2v) is 6.58. The molecule has 0 spiro atoms. The fraction of sp³-hybridized carbons (Fsp3) is 0.333. The summed E-state index contributed by atoms with van der Waals surface area (Å²) in [7, 11) is 1.76. The van der Waals surface area contributed by atoms with Gasteiger partial charge in [0.2, 0.25) is 11.8 Å². The van der Waals surface area contributed by atoms with Crippen LogP contribution in [0.1, 0.15) is 12.0 Å². The van der Waals surface area contributed by atoms with E-state index in [2.05, 4.69) is 0 Å². The lowest BCUT2D eigenvalue weighted by Gasteiger charge is -2.21. The number of amides is 2. The highest BCUT2D eigenvalue weighted by atomic mass is 16.5. The number of nitrogens with zero attached hydrogens (tertiary/aromatic N) is 2. The number of likely N-dealkylation sites (N-methyl/N-ethyl adjacent to an activating group) is 1. The average Bonchev–Trinajstić information content (AvgIpc) is 3.03. The molecule has 0 bridgehead atoms. The number of benzene rings is 2. The number of carbonyl (C=O) groups is 2. The van der Waals surface area contributed by atoms with Gasteiger partial charge in [0, 0.05) is 26.6 Å². The lowest BCUT2D eigenvalue weighted by Crippen LogP contribution is -2.37. The number of carbonyl (C=O) groups excluding carboxylic acids is 2. The lowest BCUT2D eigenvalue weighted by molar-refractivity contribution is -0.134. The van der Waals surface area contributed by atoms with Crippen LogP contribution in [0, 0.1) is 5.92 Å². The van der Waals surface area contributed by atoms with Crippen LogP contribution in [0.5, 0.6) is 5.75 Å². The van der Waals surface area contributed by atoms with Crippen LogP contribution < -0.4 is 4.74 Å². The molecule has 136 valence electrons. The molecule has 0 radical (unpaired) electrons. The summed E-state index contributed by atoms with van der Waals surface area (Å²) in [5.41, 5.74) is 1.08. The highest BCUT2D eigenvalue weighted by Crippen LogP contribution is 2.22. The molecular formula is C21H24N2O3. The minimum Gasteiger partial charge on any atom is -0.492 e. The van der Waals surface area contributed by atoms with Crippen molar-refractivity contribution in [2.75, 3.05) is 26.7 Å². The zero-order chi connectivity index (χ0) is 18.4. The van der Waals surface area contributed by atoms with Crippen LogP contribution in [0.3, 0.4) is 0 Å². The molecule has 0 aliphatic carbocycles. The summed E-state index contributed by atoms with van der Waals surface area (Å²) in [5, 5.41) is 0. The van der Waals surface area contributed by atoms with Crippen LogP contribution in [0.25, 0.3) is 0 Å². The lowest BCUT2D eigenvalue weighted by atomic mass is 10.1. The molecule has 1 fully saturated rings. The molecule has 1 unspecified atom stereocenters. The maximum atomic E-state index is 12.6. The highest BCUT2D eigenvalue weighted by molar-refractivity contribution is 5.89. The van der Waals surface area contributed by atoms with Crippen LogP contribution in [0.15, 0.2) is 60.7 Å². The predicted octanol–water partition coefficient (Wildman–Crippen LogP) is 2.57. The summed E-state index contributed by atoms with van der Waals surface area (Å²) in [6, 6.07) is 19.4. The molecule has 1 saturated heterocycles. The smallest absolute Gasteiger partial charge is 0.227 e. The molecule has 1 aliphatic heterocycles. The van der Waals surface area contributed by atoms with E-state index in [0.29, 0.717) is 26.2 Å². The summed E-state index contributed by atoms with van der Waals surface area (Å²) in [4.78, 5) is 28.3. The first-order valence-electron chi connectivity index (χ1n) is 8.88. The van der Waals surface area contributed by atoms with Crippen molar-refractivity contribution in [3.63, 3.8) is 0 Å². The molecule has 1 heterocycles. The van der Waals surface area contributed by atoms with Crippen LogP contribution in [0.4, 0.5) is 0 Å². The SMILES string of the molecule is CN(CCOc1ccccc1)C(=O)C1CC(=O)N(Cc2ccccc2)C1. The van der Waals surface area contributed by atoms with Crippen LogP contribution in [0.2, 0.25) is 0 Å². The van der Waals surface area contributed by atoms with Crippen molar-refractivity contribution >= 4 is 11.8 Å². The average molecular weight is 352 g/mol. The van der Waals surface area contributed by atoms with Crippen LogP contribution in [-0.4, -0.2) is 48.4 Å². The fourth-order valence-corrected chi connectivity index (χ4v) is 3.13. The minimum atomic E-state index is -0.270. The van der Waals surface area contributed by atoms with Gasteiger partial charge in [0.15, 0.2) is 0 Å². The first-order chi connectivity index (χ1) is 12.6. The van der Waals surface area contributed by atoms with E-state index in [1.807, 2.05) is 60.7 Å². The van der Waals surface area contributed by atoms with Crippen molar-refractivity contribution in [1.29, 1.82) is 0 Å². The first kappa shape index (κ1) is 18.0. The summed E-state index contributed by atoms with van der Waals surface area (Å²) >= 11 is 0. The Labute approximate surface area is 154 Å². The Balaban J connectivity index is 1.47. The minimum absolute atomic E-state index is 0.00516. The van der Waals surface area contributed by atoms with E-state index in [4.69, 9.17) is 4.74 Å². The Bertz CT molecular complexity index is 733. The third-order valence-electron chi connectivity index (χ3n) is 4.59. The number of para-hydroxylation sites is 1. The molecular weight excluding hydrogens is 328 g/mol. The van der Waals surface area contributed by atoms with Crippen LogP contribution in [-0.2, 0) is 16.1 Å². The van der Waals surface area contributed by atoms with E-state index in [9.17, 15) is 9.59 Å². The van der Waals surface area contributed by atoms with Crippen molar-refractivity contribution in [1.82, 2.24) is 9.80 Å². The second-order valence-electron chi connectivity index (χ2n) is 6.58. The molecule has 26 heavy (non-hydrogen) atoms. The first-order valence-corrected chi connectivity index (χ1v) is 8.88. The molecule has 0 aromatic heterocycles. The molecule has 2 aromatic rings. The van der Waals surface area contributed by atoms with Crippen molar-refractivity contribution in [2.45, 2.75) is 13.0 Å². The topological polar surface area (TPSA) is 49.9 Å². The van der Waals surface area contributed by atoms with E-state index in [1.54, 1.807) is 16.8 Å². The second kappa shape index (κ2) is 8.52. The Hall–Kier alpha value is -2.82. The van der Waals surface area contributed by atoms with E-state index >= 15 is 0 Å². The number of ether oxygens (including phenoxy) is 1. The summed E-state index contributed by atoms with van der Waals surface area (Å²) < 4.78 is 5.64. The molecule has 3 rings (SSSR count). The zero-order valence-electron chi connectivity index (χ0n) is 15.0.